The standard InChI is InChI=1S/C15H19F3N2O2/c1-19-11(21)7-10-12(16)14(22)13(15(17)18)20(10)8-9-5-3-2-4-6-9/h2-6,10,12-15,22H,7-8H2,1H3,(H,19,21). The summed E-state index contributed by atoms with van der Waals surface area (Å²) in [5.74, 6) is -0.451. The summed E-state index contributed by atoms with van der Waals surface area (Å²) in [5, 5.41) is 12.2. The predicted octanol–water partition coefficient (Wildman–Crippen LogP) is 1.34. The number of aliphatic hydroxyl groups is 1. The highest BCUT2D eigenvalue weighted by atomic mass is 19.3. The van der Waals surface area contributed by atoms with E-state index in [-0.39, 0.29) is 13.0 Å². The Bertz CT molecular complexity index is 501. The van der Waals surface area contributed by atoms with Gasteiger partial charge in [0.1, 0.15) is 18.3 Å². The number of likely N-dealkylation sites (tertiary alicyclic amines) is 1. The molecule has 1 fully saturated rings. The molecule has 1 aliphatic heterocycles. The third-order valence-corrected chi connectivity index (χ3v) is 3.99. The number of nitrogens with zero attached hydrogens (tertiary/aromatic N) is 1. The van der Waals surface area contributed by atoms with Gasteiger partial charge in [-0.3, -0.25) is 9.69 Å². The van der Waals surface area contributed by atoms with Crippen LogP contribution in [0.3, 0.4) is 0 Å². The second kappa shape index (κ2) is 7.11. The Labute approximate surface area is 126 Å². The monoisotopic (exact) mass is 316 g/mol. The van der Waals surface area contributed by atoms with E-state index >= 15 is 0 Å². The maximum Gasteiger partial charge on any atom is 0.256 e. The fourth-order valence-corrected chi connectivity index (χ4v) is 2.85. The molecule has 2 N–H and O–H groups in total. The van der Waals surface area contributed by atoms with Crippen LogP contribution in [0.5, 0.6) is 0 Å². The van der Waals surface area contributed by atoms with E-state index in [1.807, 2.05) is 0 Å². The Kier molecular flexibility index (Phi) is 5.42. The summed E-state index contributed by atoms with van der Waals surface area (Å²) in [6.07, 6.45) is -6.87. The maximum atomic E-state index is 14.2. The molecule has 0 bridgehead atoms. The van der Waals surface area contributed by atoms with Gasteiger partial charge in [0.2, 0.25) is 5.91 Å². The Hall–Kier alpha value is -1.60. The van der Waals surface area contributed by atoms with Crippen LogP contribution in [0.1, 0.15) is 12.0 Å². The Morgan fingerprint density at radius 1 is 1.36 bits per heavy atom. The summed E-state index contributed by atoms with van der Waals surface area (Å²) >= 11 is 0. The molecule has 4 atom stereocenters. The van der Waals surface area contributed by atoms with E-state index in [1.165, 1.54) is 11.9 Å². The molecule has 1 saturated heterocycles. The van der Waals surface area contributed by atoms with Gasteiger partial charge in [-0.25, -0.2) is 13.2 Å². The van der Waals surface area contributed by atoms with Crippen LogP contribution in [-0.2, 0) is 11.3 Å². The smallest absolute Gasteiger partial charge is 0.256 e. The van der Waals surface area contributed by atoms with Gasteiger partial charge in [-0.1, -0.05) is 30.3 Å². The summed E-state index contributed by atoms with van der Waals surface area (Å²) in [6.45, 7) is 0.0506. The second-order valence-corrected chi connectivity index (χ2v) is 5.36. The third kappa shape index (κ3) is 3.41. The summed E-state index contributed by atoms with van der Waals surface area (Å²) in [4.78, 5) is 12.7. The van der Waals surface area contributed by atoms with Gasteiger partial charge < -0.3 is 10.4 Å². The van der Waals surface area contributed by atoms with E-state index in [0.717, 1.165) is 5.56 Å². The highest BCUT2D eigenvalue weighted by molar-refractivity contribution is 5.76. The van der Waals surface area contributed by atoms with Crippen LogP contribution in [0, 0.1) is 0 Å². The highest BCUT2D eigenvalue weighted by Gasteiger charge is 2.52. The number of hydrogen-bond donors (Lipinski definition) is 2. The predicted molar refractivity (Wildman–Crippen MR) is 75.2 cm³/mol. The first-order valence-electron chi connectivity index (χ1n) is 7.06. The Balaban J connectivity index is 2.26. The topological polar surface area (TPSA) is 52.6 Å². The minimum absolute atomic E-state index is 0.0506. The van der Waals surface area contributed by atoms with Crippen LogP contribution in [-0.4, -0.2) is 53.7 Å². The molecule has 0 aliphatic carbocycles. The molecule has 0 spiro atoms. The third-order valence-electron chi connectivity index (χ3n) is 3.99. The van der Waals surface area contributed by atoms with Gasteiger partial charge in [0.25, 0.3) is 6.43 Å². The lowest BCUT2D eigenvalue weighted by atomic mass is 10.1. The van der Waals surface area contributed by atoms with Crippen LogP contribution in [0.25, 0.3) is 0 Å². The normalized spacial score (nSPS) is 29.0. The zero-order valence-corrected chi connectivity index (χ0v) is 12.1. The van der Waals surface area contributed by atoms with Crippen LogP contribution in [0.15, 0.2) is 30.3 Å². The van der Waals surface area contributed by atoms with Crippen molar-refractivity contribution in [3.63, 3.8) is 0 Å². The molecule has 1 aliphatic rings. The van der Waals surface area contributed by atoms with Crippen molar-refractivity contribution in [2.45, 2.75) is 43.8 Å². The van der Waals surface area contributed by atoms with Crippen LogP contribution in [0.2, 0.25) is 0 Å². The summed E-state index contributed by atoms with van der Waals surface area (Å²) in [5.41, 5.74) is 0.719. The van der Waals surface area contributed by atoms with Gasteiger partial charge in [0.15, 0.2) is 0 Å². The van der Waals surface area contributed by atoms with Gasteiger partial charge in [-0.2, -0.15) is 0 Å². The van der Waals surface area contributed by atoms with E-state index in [0.29, 0.717) is 0 Å². The van der Waals surface area contributed by atoms with Gasteiger partial charge in [-0.05, 0) is 5.56 Å². The molecule has 4 unspecified atom stereocenters. The molecular formula is C15H19F3N2O2. The van der Waals surface area contributed by atoms with E-state index in [2.05, 4.69) is 5.32 Å². The van der Waals surface area contributed by atoms with E-state index in [1.54, 1.807) is 30.3 Å². The molecule has 122 valence electrons. The SMILES string of the molecule is CNC(=O)CC1C(F)C(O)C(C(F)F)N1Cc1ccccc1. The molecule has 1 heterocycles. The molecule has 1 aromatic carbocycles. The number of alkyl halides is 3. The van der Waals surface area contributed by atoms with Crippen molar-refractivity contribution in [3.05, 3.63) is 35.9 Å². The Morgan fingerprint density at radius 3 is 2.55 bits per heavy atom. The highest BCUT2D eigenvalue weighted by Crippen LogP contribution is 2.34. The zero-order chi connectivity index (χ0) is 16.3. The lowest BCUT2D eigenvalue weighted by Gasteiger charge is -2.29. The summed E-state index contributed by atoms with van der Waals surface area (Å²) in [6, 6.07) is 6.06. The first kappa shape index (κ1) is 16.8. The van der Waals surface area contributed by atoms with Crippen molar-refractivity contribution in [3.8, 4) is 0 Å². The molecule has 1 aromatic rings. The number of hydrogen-bond acceptors (Lipinski definition) is 3. The number of carbonyl (C=O) groups is 1. The number of amides is 1. The average molecular weight is 316 g/mol. The van der Waals surface area contributed by atoms with Gasteiger partial charge >= 0.3 is 0 Å². The fraction of sp³-hybridized carbons (Fsp3) is 0.533. The van der Waals surface area contributed by atoms with Crippen LogP contribution in [0.4, 0.5) is 13.2 Å². The summed E-state index contributed by atoms with van der Waals surface area (Å²) in [7, 11) is 1.40. The lowest BCUT2D eigenvalue weighted by molar-refractivity contribution is -0.122. The minimum atomic E-state index is -2.90. The van der Waals surface area contributed by atoms with Crippen molar-refractivity contribution in [2.75, 3.05) is 7.05 Å². The van der Waals surface area contributed by atoms with Gasteiger partial charge in [-0.15, -0.1) is 0 Å². The number of nitrogens with one attached hydrogen (secondary N) is 1. The van der Waals surface area contributed by atoms with E-state index < -0.39 is 36.7 Å². The largest absolute Gasteiger partial charge is 0.388 e. The minimum Gasteiger partial charge on any atom is -0.388 e. The number of benzene rings is 1. The molecule has 0 saturated carbocycles. The number of rotatable bonds is 5. The second-order valence-electron chi connectivity index (χ2n) is 5.36. The van der Waals surface area contributed by atoms with Crippen molar-refractivity contribution in [2.24, 2.45) is 0 Å². The molecule has 0 aromatic heterocycles. The number of halogens is 3. The van der Waals surface area contributed by atoms with Gasteiger partial charge in [0, 0.05) is 20.0 Å². The first-order chi connectivity index (χ1) is 10.5. The molecule has 4 nitrogen and oxygen atoms in total. The Morgan fingerprint density at radius 2 is 2.00 bits per heavy atom. The summed E-state index contributed by atoms with van der Waals surface area (Å²) < 4.78 is 40.7. The van der Waals surface area contributed by atoms with Gasteiger partial charge in [0.05, 0.1) is 6.04 Å². The first-order valence-corrected chi connectivity index (χ1v) is 7.06. The fourth-order valence-electron chi connectivity index (χ4n) is 2.85. The van der Waals surface area contributed by atoms with Crippen molar-refractivity contribution in [1.82, 2.24) is 10.2 Å². The molecule has 0 radical (unpaired) electrons. The van der Waals surface area contributed by atoms with Crippen molar-refractivity contribution in [1.29, 1.82) is 0 Å². The lowest BCUT2D eigenvalue weighted by Crippen LogP contribution is -2.44. The van der Waals surface area contributed by atoms with Crippen molar-refractivity contribution >= 4 is 5.91 Å². The van der Waals surface area contributed by atoms with Crippen molar-refractivity contribution < 1.29 is 23.1 Å². The van der Waals surface area contributed by atoms with E-state index in [9.17, 15) is 23.1 Å². The molecule has 2 rings (SSSR count). The molecule has 1 amide bonds. The maximum absolute atomic E-state index is 14.2. The average Bonchev–Trinajstić information content (AvgIpc) is 2.73. The quantitative estimate of drug-likeness (QED) is 0.862. The number of carbonyl (C=O) groups excluding carboxylic acids is 1. The molecular weight excluding hydrogens is 297 g/mol. The zero-order valence-electron chi connectivity index (χ0n) is 12.1. The van der Waals surface area contributed by atoms with Crippen LogP contribution >= 0.6 is 0 Å². The molecule has 22 heavy (non-hydrogen) atoms. The van der Waals surface area contributed by atoms with Crippen LogP contribution < -0.4 is 5.32 Å². The van der Waals surface area contributed by atoms with E-state index in [4.69, 9.17) is 0 Å². The molecule has 7 heteroatoms. The number of aliphatic hydroxyl groups excluding tert-OH is 1.